The van der Waals surface area contributed by atoms with E-state index in [1.165, 1.54) is 36.4 Å². The van der Waals surface area contributed by atoms with Gasteiger partial charge in [-0.1, -0.05) is 6.07 Å². The van der Waals surface area contributed by atoms with Gasteiger partial charge in [0, 0.05) is 5.69 Å². The number of phenolic OH excluding ortho intramolecular Hbond substituents is 1. The van der Waals surface area contributed by atoms with Gasteiger partial charge in [0.05, 0.1) is 4.90 Å². The summed E-state index contributed by atoms with van der Waals surface area (Å²) in [6.07, 6.45) is 0. The van der Waals surface area contributed by atoms with Crippen LogP contribution >= 0.6 is 0 Å². The largest absolute Gasteiger partial charge is 0.508 e. The lowest BCUT2D eigenvalue weighted by molar-refractivity contribution is 0.475. The molecule has 2 rings (SSSR count). The Balaban J connectivity index is 2.37. The van der Waals surface area contributed by atoms with Gasteiger partial charge in [0.25, 0.3) is 10.0 Å². The maximum atomic E-state index is 13.1. The maximum Gasteiger partial charge on any atom is 0.262 e. The second-order valence-electron chi connectivity index (χ2n) is 4.06. The molecule has 19 heavy (non-hydrogen) atoms. The molecule has 0 spiro atoms. The van der Waals surface area contributed by atoms with E-state index in [0.29, 0.717) is 11.3 Å². The number of phenols is 1. The molecule has 0 heterocycles. The molecule has 0 aliphatic heterocycles. The van der Waals surface area contributed by atoms with Crippen molar-refractivity contribution in [3.8, 4) is 5.75 Å². The molecule has 2 N–H and O–H groups in total. The SMILES string of the molecule is Cc1ccc(F)cc1S(=O)(=O)Nc1ccc(O)cc1. The van der Waals surface area contributed by atoms with Crippen molar-refractivity contribution in [1.29, 1.82) is 0 Å². The number of aryl methyl sites for hydroxylation is 1. The average Bonchev–Trinajstić information content (AvgIpc) is 2.35. The number of sulfonamides is 1. The Morgan fingerprint density at radius 3 is 2.37 bits per heavy atom. The number of halogens is 1. The highest BCUT2D eigenvalue weighted by molar-refractivity contribution is 7.92. The van der Waals surface area contributed by atoms with Crippen molar-refractivity contribution in [2.24, 2.45) is 0 Å². The molecule has 0 bridgehead atoms. The molecule has 4 nitrogen and oxygen atoms in total. The van der Waals surface area contributed by atoms with Gasteiger partial charge in [-0.15, -0.1) is 0 Å². The summed E-state index contributed by atoms with van der Waals surface area (Å²) < 4.78 is 39.7. The lowest BCUT2D eigenvalue weighted by atomic mass is 10.2. The molecular weight excluding hydrogens is 269 g/mol. The summed E-state index contributed by atoms with van der Waals surface area (Å²) in [5, 5.41) is 9.13. The van der Waals surface area contributed by atoms with E-state index in [1.807, 2.05) is 0 Å². The third kappa shape index (κ3) is 3.03. The van der Waals surface area contributed by atoms with E-state index < -0.39 is 15.8 Å². The van der Waals surface area contributed by atoms with E-state index in [2.05, 4.69) is 4.72 Å². The molecule has 0 aliphatic rings. The highest BCUT2D eigenvalue weighted by Gasteiger charge is 2.17. The fraction of sp³-hybridized carbons (Fsp3) is 0.0769. The summed E-state index contributed by atoms with van der Waals surface area (Å²) in [5.74, 6) is -0.582. The lowest BCUT2D eigenvalue weighted by Gasteiger charge is -2.10. The highest BCUT2D eigenvalue weighted by Crippen LogP contribution is 2.21. The fourth-order valence-electron chi connectivity index (χ4n) is 1.60. The lowest BCUT2D eigenvalue weighted by Crippen LogP contribution is -2.14. The summed E-state index contributed by atoms with van der Waals surface area (Å²) in [7, 11) is -3.85. The molecule has 0 aromatic heterocycles. The summed E-state index contributed by atoms with van der Waals surface area (Å²) in [4.78, 5) is -0.111. The fourth-order valence-corrected chi connectivity index (χ4v) is 2.92. The number of nitrogens with one attached hydrogen (secondary N) is 1. The van der Waals surface area contributed by atoms with Crippen LogP contribution in [-0.2, 0) is 10.0 Å². The van der Waals surface area contributed by atoms with Gasteiger partial charge in [-0.3, -0.25) is 4.72 Å². The normalized spacial score (nSPS) is 11.3. The molecule has 0 unspecified atom stereocenters. The number of hydrogen-bond acceptors (Lipinski definition) is 3. The predicted octanol–water partition coefficient (Wildman–Crippen LogP) is 2.64. The van der Waals surface area contributed by atoms with E-state index in [0.717, 1.165) is 6.07 Å². The van der Waals surface area contributed by atoms with Crippen molar-refractivity contribution in [2.75, 3.05) is 4.72 Å². The van der Waals surface area contributed by atoms with Crippen LogP contribution in [0.2, 0.25) is 0 Å². The van der Waals surface area contributed by atoms with Crippen molar-refractivity contribution in [3.63, 3.8) is 0 Å². The van der Waals surface area contributed by atoms with Crippen molar-refractivity contribution in [2.45, 2.75) is 11.8 Å². The molecule has 0 saturated carbocycles. The predicted molar refractivity (Wildman–Crippen MR) is 70.1 cm³/mol. The third-order valence-electron chi connectivity index (χ3n) is 2.56. The van der Waals surface area contributed by atoms with Gasteiger partial charge < -0.3 is 5.11 Å². The molecule has 2 aromatic carbocycles. The molecule has 2 aromatic rings. The van der Waals surface area contributed by atoms with Crippen LogP contribution in [0.5, 0.6) is 5.75 Å². The van der Waals surface area contributed by atoms with Crippen molar-refractivity contribution in [1.82, 2.24) is 0 Å². The van der Waals surface area contributed by atoms with E-state index in [-0.39, 0.29) is 10.6 Å². The second-order valence-corrected chi connectivity index (χ2v) is 5.71. The first-order valence-corrected chi connectivity index (χ1v) is 6.95. The molecule has 0 aliphatic carbocycles. The first-order valence-electron chi connectivity index (χ1n) is 5.46. The second kappa shape index (κ2) is 4.89. The van der Waals surface area contributed by atoms with E-state index >= 15 is 0 Å². The zero-order chi connectivity index (χ0) is 14.0. The number of benzene rings is 2. The van der Waals surface area contributed by atoms with Gasteiger partial charge >= 0.3 is 0 Å². The Morgan fingerprint density at radius 2 is 1.74 bits per heavy atom. The van der Waals surface area contributed by atoms with Gasteiger partial charge in [0.15, 0.2) is 0 Å². The monoisotopic (exact) mass is 281 g/mol. The molecular formula is C13H12FNO3S. The van der Waals surface area contributed by atoms with E-state index in [1.54, 1.807) is 6.92 Å². The molecule has 6 heteroatoms. The van der Waals surface area contributed by atoms with Gasteiger partial charge in [0.2, 0.25) is 0 Å². The zero-order valence-corrected chi connectivity index (χ0v) is 10.9. The summed E-state index contributed by atoms with van der Waals surface area (Å²) in [6.45, 7) is 1.59. The van der Waals surface area contributed by atoms with Crippen molar-refractivity contribution >= 4 is 15.7 Å². The Hall–Kier alpha value is -2.08. The van der Waals surface area contributed by atoms with Crippen LogP contribution in [0, 0.1) is 12.7 Å². The van der Waals surface area contributed by atoms with Crippen LogP contribution in [0.25, 0.3) is 0 Å². The third-order valence-corrected chi connectivity index (χ3v) is 4.08. The minimum atomic E-state index is -3.85. The molecule has 0 atom stereocenters. The zero-order valence-electron chi connectivity index (χ0n) is 10.1. The smallest absolute Gasteiger partial charge is 0.262 e. The Kier molecular flexibility index (Phi) is 3.44. The Morgan fingerprint density at radius 1 is 1.11 bits per heavy atom. The van der Waals surface area contributed by atoms with Gasteiger partial charge in [-0.25, -0.2) is 12.8 Å². The van der Waals surface area contributed by atoms with Crippen molar-refractivity contribution < 1.29 is 17.9 Å². The topological polar surface area (TPSA) is 66.4 Å². The van der Waals surface area contributed by atoms with E-state index in [9.17, 15) is 12.8 Å². The van der Waals surface area contributed by atoms with E-state index in [4.69, 9.17) is 5.11 Å². The quantitative estimate of drug-likeness (QED) is 0.850. The molecule has 0 radical (unpaired) electrons. The number of aromatic hydroxyl groups is 1. The van der Waals surface area contributed by atoms with Crippen LogP contribution < -0.4 is 4.72 Å². The first kappa shape index (κ1) is 13.4. The molecule has 0 amide bonds. The summed E-state index contributed by atoms with van der Waals surface area (Å²) in [6, 6.07) is 9.13. The van der Waals surface area contributed by atoms with Crippen molar-refractivity contribution in [3.05, 3.63) is 53.8 Å². The molecule has 0 saturated heterocycles. The molecule has 100 valence electrons. The number of anilines is 1. The Labute approximate surface area is 110 Å². The summed E-state index contributed by atoms with van der Waals surface area (Å²) >= 11 is 0. The number of rotatable bonds is 3. The Bertz CT molecular complexity index is 696. The summed E-state index contributed by atoms with van der Waals surface area (Å²) in [5.41, 5.74) is 0.745. The highest BCUT2D eigenvalue weighted by atomic mass is 32.2. The minimum absolute atomic E-state index is 0.0323. The molecule has 0 fully saturated rings. The van der Waals surface area contributed by atoms with Gasteiger partial charge in [-0.2, -0.15) is 0 Å². The maximum absolute atomic E-state index is 13.1. The van der Waals surface area contributed by atoms with Crippen LogP contribution in [0.1, 0.15) is 5.56 Å². The standard InChI is InChI=1S/C13H12FNO3S/c1-9-2-3-10(14)8-13(9)19(17,18)15-11-4-6-12(16)7-5-11/h2-8,15-16H,1H3. The number of hydrogen-bond donors (Lipinski definition) is 2. The van der Waals surface area contributed by atoms with Crippen LogP contribution in [0.15, 0.2) is 47.4 Å². The first-order chi connectivity index (χ1) is 8.88. The van der Waals surface area contributed by atoms with Gasteiger partial charge in [0.1, 0.15) is 11.6 Å². The van der Waals surface area contributed by atoms with Gasteiger partial charge in [-0.05, 0) is 48.9 Å². The van der Waals surface area contributed by atoms with Crippen LogP contribution in [0.4, 0.5) is 10.1 Å². The minimum Gasteiger partial charge on any atom is -0.508 e. The average molecular weight is 281 g/mol. The van der Waals surface area contributed by atoms with Crippen LogP contribution in [0.3, 0.4) is 0 Å². The van der Waals surface area contributed by atoms with Crippen LogP contribution in [-0.4, -0.2) is 13.5 Å².